The molecule has 0 saturated heterocycles. The van der Waals surface area contributed by atoms with Crippen molar-refractivity contribution in [2.24, 2.45) is 28.2 Å². The Balaban J connectivity index is 0.000000160. The third-order valence-electron chi connectivity index (χ3n) is 5.78. The first-order chi connectivity index (χ1) is 18.3. The van der Waals surface area contributed by atoms with E-state index in [-0.39, 0.29) is 19.8 Å². The van der Waals surface area contributed by atoms with Gasteiger partial charge in [0.2, 0.25) is 0 Å². The molecule has 0 saturated carbocycles. The number of nitrogens with zero attached hydrogens (tertiary/aromatic N) is 10. The number of aromatic nitrogens is 10. The molecule has 0 spiro atoms. The minimum atomic E-state index is 0. The summed E-state index contributed by atoms with van der Waals surface area (Å²) in [5, 5.41) is 0. The van der Waals surface area contributed by atoms with Gasteiger partial charge in [-0.25, -0.2) is 19.9 Å². The standard InChI is InChI=1S/C12H12N2.2C8H10N4.Os/c1-9-3-5-13-11(7-9)12-8-10(2)4-6-14-12;2*1-11-5-3-9-7(11)8-10-4-6-12(8)2;/h3-8H,1-2H3;2*3-6H,1-2H3;. The van der Waals surface area contributed by atoms with Crippen molar-refractivity contribution in [2.75, 3.05) is 0 Å². The van der Waals surface area contributed by atoms with Gasteiger partial charge in [0.05, 0.1) is 11.4 Å². The van der Waals surface area contributed by atoms with Crippen LogP contribution in [0.4, 0.5) is 0 Å². The quantitative estimate of drug-likeness (QED) is 0.272. The molecule has 6 aromatic rings. The van der Waals surface area contributed by atoms with Crippen LogP contribution in [0.3, 0.4) is 0 Å². The smallest absolute Gasteiger partial charge is 0.176 e. The fourth-order valence-electron chi connectivity index (χ4n) is 3.68. The van der Waals surface area contributed by atoms with Crippen LogP contribution < -0.4 is 0 Å². The van der Waals surface area contributed by atoms with E-state index in [0.29, 0.717) is 0 Å². The molecule has 11 heteroatoms. The second-order valence-corrected chi connectivity index (χ2v) is 8.88. The van der Waals surface area contributed by atoms with Crippen LogP contribution in [0, 0.1) is 13.8 Å². The zero-order valence-corrected chi connectivity index (χ0v) is 25.4. The zero-order valence-electron chi connectivity index (χ0n) is 22.9. The molecule has 0 unspecified atom stereocenters. The summed E-state index contributed by atoms with van der Waals surface area (Å²) in [4.78, 5) is 25.4. The fraction of sp³-hybridized carbons (Fsp3) is 0.214. The van der Waals surface area contributed by atoms with E-state index in [9.17, 15) is 0 Å². The van der Waals surface area contributed by atoms with Gasteiger partial charge in [-0.05, 0) is 49.2 Å². The van der Waals surface area contributed by atoms with E-state index in [1.807, 2.05) is 108 Å². The monoisotopic (exact) mass is 700 g/mol. The average Bonchev–Trinajstić information content (AvgIpc) is 3.70. The van der Waals surface area contributed by atoms with Crippen molar-refractivity contribution < 1.29 is 19.8 Å². The second-order valence-electron chi connectivity index (χ2n) is 8.88. The van der Waals surface area contributed by atoms with E-state index < -0.39 is 0 Å². The fourth-order valence-corrected chi connectivity index (χ4v) is 3.68. The first kappa shape index (κ1) is 29.3. The van der Waals surface area contributed by atoms with Crippen LogP contribution in [0.5, 0.6) is 0 Å². The summed E-state index contributed by atoms with van der Waals surface area (Å²) in [5.41, 5.74) is 4.29. The molecular weight excluding hydrogens is 667 g/mol. The predicted octanol–water partition coefficient (Wildman–Crippen LogP) is 4.40. The van der Waals surface area contributed by atoms with E-state index in [1.165, 1.54) is 11.1 Å². The van der Waals surface area contributed by atoms with Gasteiger partial charge >= 0.3 is 0 Å². The van der Waals surface area contributed by atoms with Gasteiger partial charge < -0.3 is 18.3 Å². The normalized spacial score (nSPS) is 10.1. The average molecular weight is 699 g/mol. The van der Waals surface area contributed by atoms with E-state index in [1.54, 1.807) is 24.8 Å². The Kier molecular flexibility index (Phi) is 10.2. The molecule has 6 rings (SSSR count). The van der Waals surface area contributed by atoms with Crippen molar-refractivity contribution in [3.05, 3.63) is 97.4 Å². The summed E-state index contributed by atoms with van der Waals surface area (Å²) in [6.45, 7) is 4.11. The summed E-state index contributed by atoms with van der Waals surface area (Å²) in [5.74, 6) is 3.56. The number of rotatable bonds is 3. The molecule has 0 fully saturated rings. The minimum absolute atomic E-state index is 0. The first-order valence-electron chi connectivity index (χ1n) is 12.1. The maximum Gasteiger partial charge on any atom is 0.176 e. The van der Waals surface area contributed by atoms with Crippen molar-refractivity contribution in [1.29, 1.82) is 0 Å². The third kappa shape index (κ3) is 7.42. The molecular formula is C28H32N10Os. The van der Waals surface area contributed by atoms with Crippen molar-refractivity contribution in [2.45, 2.75) is 13.8 Å². The molecule has 0 aromatic carbocycles. The minimum Gasteiger partial charge on any atom is -0.331 e. The Morgan fingerprint density at radius 1 is 0.436 bits per heavy atom. The Hall–Kier alpha value is -4.22. The van der Waals surface area contributed by atoms with E-state index in [4.69, 9.17) is 0 Å². The van der Waals surface area contributed by atoms with Crippen LogP contribution in [-0.2, 0) is 48.0 Å². The molecule has 0 aliphatic heterocycles. The van der Waals surface area contributed by atoms with Crippen LogP contribution in [0.15, 0.2) is 86.2 Å². The van der Waals surface area contributed by atoms with Crippen molar-refractivity contribution in [3.63, 3.8) is 0 Å². The Morgan fingerprint density at radius 2 is 0.718 bits per heavy atom. The van der Waals surface area contributed by atoms with Crippen LogP contribution in [0.25, 0.3) is 34.7 Å². The maximum absolute atomic E-state index is 4.29. The van der Waals surface area contributed by atoms with Crippen LogP contribution in [-0.4, -0.2) is 48.2 Å². The molecule has 0 radical (unpaired) electrons. The van der Waals surface area contributed by atoms with Gasteiger partial charge in [0.25, 0.3) is 0 Å². The number of imidazole rings is 4. The van der Waals surface area contributed by atoms with E-state index >= 15 is 0 Å². The Labute approximate surface area is 241 Å². The van der Waals surface area contributed by atoms with Gasteiger partial charge in [0.1, 0.15) is 0 Å². The molecule has 0 atom stereocenters. The number of hydrogen-bond acceptors (Lipinski definition) is 6. The van der Waals surface area contributed by atoms with Crippen LogP contribution >= 0.6 is 0 Å². The first-order valence-corrected chi connectivity index (χ1v) is 12.1. The van der Waals surface area contributed by atoms with Gasteiger partial charge in [-0.1, -0.05) is 0 Å². The van der Waals surface area contributed by atoms with E-state index in [0.717, 1.165) is 34.7 Å². The van der Waals surface area contributed by atoms with Crippen LogP contribution in [0.2, 0.25) is 0 Å². The summed E-state index contributed by atoms with van der Waals surface area (Å²) in [6, 6.07) is 8.06. The Bertz CT molecular complexity index is 1410. The second kappa shape index (κ2) is 13.5. The topological polar surface area (TPSA) is 97.1 Å². The van der Waals surface area contributed by atoms with E-state index in [2.05, 4.69) is 43.8 Å². The molecule has 6 aromatic heterocycles. The van der Waals surface area contributed by atoms with Gasteiger partial charge in [-0.15, -0.1) is 0 Å². The Morgan fingerprint density at radius 3 is 0.923 bits per heavy atom. The molecule has 0 N–H and O–H groups in total. The van der Waals surface area contributed by atoms with Crippen molar-refractivity contribution in [3.8, 4) is 34.7 Å². The number of hydrogen-bond donors (Lipinski definition) is 0. The number of pyridine rings is 2. The predicted molar refractivity (Wildman–Crippen MR) is 148 cm³/mol. The third-order valence-corrected chi connectivity index (χ3v) is 5.78. The number of aryl methyl sites for hydroxylation is 6. The largest absolute Gasteiger partial charge is 0.331 e. The van der Waals surface area contributed by atoms with Crippen molar-refractivity contribution in [1.82, 2.24) is 48.2 Å². The molecule has 0 amide bonds. The summed E-state index contributed by atoms with van der Waals surface area (Å²) >= 11 is 0. The van der Waals surface area contributed by atoms with Crippen LogP contribution in [0.1, 0.15) is 11.1 Å². The van der Waals surface area contributed by atoms with Gasteiger partial charge in [0, 0.05) is 110 Å². The molecule has 6 heterocycles. The van der Waals surface area contributed by atoms with Gasteiger partial charge in [-0.3, -0.25) is 9.97 Å². The molecule has 39 heavy (non-hydrogen) atoms. The van der Waals surface area contributed by atoms with Gasteiger partial charge in [0.15, 0.2) is 23.3 Å². The molecule has 10 nitrogen and oxygen atoms in total. The van der Waals surface area contributed by atoms with Gasteiger partial charge in [-0.2, -0.15) is 0 Å². The summed E-state index contributed by atoms with van der Waals surface area (Å²) < 4.78 is 7.79. The zero-order chi connectivity index (χ0) is 27.1. The summed E-state index contributed by atoms with van der Waals surface area (Å²) in [7, 11) is 7.82. The van der Waals surface area contributed by atoms with Crippen molar-refractivity contribution >= 4 is 0 Å². The SMILES string of the molecule is Cc1ccnc(-c2cc(C)ccn2)c1.Cn1ccnc1-c1nccn1C.Cn1ccnc1-c1nccn1C.[Os]. The molecule has 0 aliphatic carbocycles. The maximum atomic E-state index is 4.29. The summed E-state index contributed by atoms with van der Waals surface area (Å²) in [6.07, 6.45) is 18.3. The molecule has 0 bridgehead atoms. The molecule has 0 aliphatic rings. The molecule has 202 valence electrons.